The minimum absolute atomic E-state index is 0.0268. The van der Waals surface area contributed by atoms with Crippen molar-refractivity contribution < 1.29 is 9.90 Å². The first-order valence-corrected chi connectivity index (χ1v) is 3.76. The minimum Gasteiger partial charge on any atom is -0.478 e. The Morgan fingerprint density at radius 1 is 1.36 bits per heavy atom. The predicted octanol–water partition coefficient (Wildman–Crippen LogP) is 0.0163. The minimum atomic E-state index is -1.13. The zero-order valence-electron chi connectivity index (χ0n) is 6.89. The highest BCUT2D eigenvalue weighted by molar-refractivity contribution is 5.99. The number of hydrogen-bond donors (Lipinski definition) is 2. The SMILES string of the molecule is O=C(O)c1ccnc2c(=O)[nH]cnc12. The molecule has 6 heteroatoms. The van der Waals surface area contributed by atoms with E-state index in [2.05, 4.69) is 15.0 Å². The van der Waals surface area contributed by atoms with Gasteiger partial charge >= 0.3 is 5.97 Å². The summed E-state index contributed by atoms with van der Waals surface area (Å²) in [6.45, 7) is 0. The van der Waals surface area contributed by atoms with Crippen LogP contribution in [0.2, 0.25) is 0 Å². The number of nitrogens with one attached hydrogen (secondary N) is 1. The van der Waals surface area contributed by atoms with Gasteiger partial charge in [0.1, 0.15) is 5.52 Å². The molecule has 2 aromatic heterocycles. The molecule has 0 aliphatic rings. The van der Waals surface area contributed by atoms with Crippen LogP contribution in [0.3, 0.4) is 0 Å². The molecule has 0 saturated carbocycles. The maximum atomic E-state index is 11.2. The fourth-order valence-corrected chi connectivity index (χ4v) is 1.15. The average Bonchev–Trinajstić information content (AvgIpc) is 2.17. The Balaban J connectivity index is 2.95. The zero-order valence-corrected chi connectivity index (χ0v) is 6.89. The third-order valence-corrected chi connectivity index (χ3v) is 1.76. The lowest BCUT2D eigenvalue weighted by atomic mass is 10.2. The second-order valence-electron chi connectivity index (χ2n) is 2.59. The number of pyridine rings is 1. The van der Waals surface area contributed by atoms with Crippen LogP contribution >= 0.6 is 0 Å². The molecule has 2 N–H and O–H groups in total. The summed E-state index contributed by atoms with van der Waals surface area (Å²) in [5.41, 5.74) is -0.338. The number of carboxylic acid groups (broad SMARTS) is 1. The Morgan fingerprint density at radius 3 is 2.86 bits per heavy atom. The number of carboxylic acids is 1. The molecule has 0 aliphatic heterocycles. The van der Waals surface area contributed by atoms with Crippen LogP contribution in [0.5, 0.6) is 0 Å². The van der Waals surface area contributed by atoms with Gasteiger partial charge in [-0.3, -0.25) is 4.79 Å². The molecule has 0 saturated heterocycles. The van der Waals surface area contributed by atoms with E-state index in [-0.39, 0.29) is 16.6 Å². The molecule has 0 atom stereocenters. The summed E-state index contributed by atoms with van der Waals surface area (Å²) in [6, 6.07) is 1.30. The fourth-order valence-electron chi connectivity index (χ4n) is 1.15. The summed E-state index contributed by atoms with van der Waals surface area (Å²) in [5.74, 6) is -1.13. The van der Waals surface area contributed by atoms with Crippen molar-refractivity contribution >= 4 is 17.0 Å². The molecule has 0 aliphatic carbocycles. The van der Waals surface area contributed by atoms with Gasteiger partial charge in [-0.05, 0) is 6.07 Å². The molecule has 2 aromatic rings. The molecule has 0 radical (unpaired) electrons. The lowest BCUT2D eigenvalue weighted by molar-refractivity contribution is 0.0698. The second-order valence-corrected chi connectivity index (χ2v) is 2.59. The Labute approximate surface area is 77.3 Å². The Hall–Kier alpha value is -2.24. The van der Waals surface area contributed by atoms with Crippen molar-refractivity contribution in [3.63, 3.8) is 0 Å². The summed E-state index contributed by atoms with van der Waals surface area (Å²) >= 11 is 0. The molecular formula is C8H5N3O3. The predicted molar refractivity (Wildman–Crippen MR) is 47.1 cm³/mol. The van der Waals surface area contributed by atoms with Crippen LogP contribution in [-0.4, -0.2) is 26.0 Å². The summed E-state index contributed by atoms with van der Waals surface area (Å²) in [7, 11) is 0. The lowest BCUT2D eigenvalue weighted by Gasteiger charge is -1.97. The van der Waals surface area contributed by atoms with Gasteiger partial charge in [-0.1, -0.05) is 0 Å². The van der Waals surface area contributed by atoms with Crippen LogP contribution < -0.4 is 5.56 Å². The number of rotatable bonds is 1. The van der Waals surface area contributed by atoms with Crippen LogP contribution in [0, 0.1) is 0 Å². The molecule has 6 nitrogen and oxygen atoms in total. The molecule has 70 valence electrons. The smallest absolute Gasteiger partial charge is 0.338 e. The van der Waals surface area contributed by atoms with Crippen molar-refractivity contribution in [2.75, 3.05) is 0 Å². The van der Waals surface area contributed by atoms with Gasteiger partial charge in [0.2, 0.25) is 0 Å². The van der Waals surface area contributed by atoms with E-state index < -0.39 is 11.5 Å². The number of hydrogen-bond acceptors (Lipinski definition) is 4. The topological polar surface area (TPSA) is 95.9 Å². The Morgan fingerprint density at radius 2 is 2.14 bits per heavy atom. The molecule has 14 heavy (non-hydrogen) atoms. The second kappa shape index (κ2) is 2.91. The van der Waals surface area contributed by atoms with Crippen LogP contribution in [0.15, 0.2) is 23.4 Å². The highest BCUT2D eigenvalue weighted by Gasteiger charge is 2.11. The van der Waals surface area contributed by atoms with Gasteiger partial charge < -0.3 is 10.1 Å². The molecule has 0 unspecified atom stereocenters. The standard InChI is InChI=1S/C8H5N3O3/c12-7-6-5(10-3-11-7)4(8(13)14)1-2-9-6/h1-3H,(H,13,14)(H,10,11,12). The van der Waals surface area contributed by atoms with E-state index in [4.69, 9.17) is 5.11 Å². The van der Waals surface area contributed by atoms with E-state index in [9.17, 15) is 9.59 Å². The van der Waals surface area contributed by atoms with Gasteiger partial charge in [0, 0.05) is 6.20 Å². The maximum absolute atomic E-state index is 11.2. The van der Waals surface area contributed by atoms with Crippen LogP contribution in [-0.2, 0) is 0 Å². The molecule has 0 amide bonds. The lowest BCUT2D eigenvalue weighted by Crippen LogP contribution is -2.10. The Bertz CT molecular complexity index is 561. The summed E-state index contributed by atoms with van der Waals surface area (Å²) in [6.07, 6.45) is 2.42. The number of fused-ring (bicyclic) bond motifs is 1. The van der Waals surface area contributed by atoms with Gasteiger partial charge in [0.05, 0.1) is 11.9 Å². The summed E-state index contributed by atoms with van der Waals surface area (Å²) in [4.78, 5) is 31.8. The highest BCUT2D eigenvalue weighted by atomic mass is 16.4. The van der Waals surface area contributed by atoms with E-state index in [1.165, 1.54) is 12.3 Å². The number of carbonyl (C=O) groups is 1. The van der Waals surface area contributed by atoms with E-state index in [0.717, 1.165) is 6.33 Å². The quantitative estimate of drug-likeness (QED) is 0.662. The molecular weight excluding hydrogens is 186 g/mol. The first kappa shape index (κ1) is 8.36. The van der Waals surface area contributed by atoms with Crippen molar-refractivity contribution in [2.24, 2.45) is 0 Å². The van der Waals surface area contributed by atoms with Crippen molar-refractivity contribution in [1.29, 1.82) is 0 Å². The number of nitrogens with zero attached hydrogens (tertiary/aromatic N) is 2. The summed E-state index contributed by atoms with van der Waals surface area (Å²) < 4.78 is 0. The van der Waals surface area contributed by atoms with Crippen molar-refractivity contribution in [3.8, 4) is 0 Å². The van der Waals surface area contributed by atoms with E-state index in [1.54, 1.807) is 0 Å². The largest absolute Gasteiger partial charge is 0.478 e. The molecule has 0 aromatic carbocycles. The summed E-state index contributed by atoms with van der Waals surface area (Å²) in [5, 5.41) is 8.79. The van der Waals surface area contributed by atoms with Gasteiger partial charge in [0.25, 0.3) is 5.56 Å². The highest BCUT2D eigenvalue weighted by Crippen LogP contribution is 2.08. The first-order valence-electron chi connectivity index (χ1n) is 3.76. The van der Waals surface area contributed by atoms with Gasteiger partial charge in [0.15, 0.2) is 5.52 Å². The van der Waals surface area contributed by atoms with Crippen molar-refractivity contribution in [2.45, 2.75) is 0 Å². The van der Waals surface area contributed by atoms with E-state index in [1.807, 2.05) is 0 Å². The number of aromatic nitrogens is 3. The molecule has 0 bridgehead atoms. The number of aromatic carboxylic acids is 1. The van der Waals surface area contributed by atoms with Crippen LogP contribution in [0.4, 0.5) is 0 Å². The van der Waals surface area contributed by atoms with E-state index >= 15 is 0 Å². The molecule has 2 heterocycles. The van der Waals surface area contributed by atoms with Crippen LogP contribution in [0.25, 0.3) is 11.0 Å². The zero-order chi connectivity index (χ0) is 10.1. The van der Waals surface area contributed by atoms with Gasteiger partial charge in [-0.25, -0.2) is 14.8 Å². The van der Waals surface area contributed by atoms with Gasteiger partial charge in [-0.2, -0.15) is 0 Å². The monoisotopic (exact) mass is 191 g/mol. The van der Waals surface area contributed by atoms with Crippen molar-refractivity contribution in [3.05, 3.63) is 34.5 Å². The van der Waals surface area contributed by atoms with Crippen molar-refractivity contribution in [1.82, 2.24) is 15.0 Å². The first-order chi connectivity index (χ1) is 6.70. The average molecular weight is 191 g/mol. The van der Waals surface area contributed by atoms with Gasteiger partial charge in [-0.15, -0.1) is 0 Å². The third kappa shape index (κ3) is 1.13. The fraction of sp³-hybridized carbons (Fsp3) is 0. The maximum Gasteiger partial charge on any atom is 0.338 e. The number of H-pyrrole nitrogens is 1. The Kier molecular flexibility index (Phi) is 1.74. The third-order valence-electron chi connectivity index (χ3n) is 1.76. The molecule has 0 fully saturated rings. The molecule has 0 spiro atoms. The number of aromatic amines is 1. The van der Waals surface area contributed by atoms with E-state index in [0.29, 0.717) is 0 Å². The molecule has 2 rings (SSSR count). The normalized spacial score (nSPS) is 10.3. The van der Waals surface area contributed by atoms with Crippen LogP contribution in [0.1, 0.15) is 10.4 Å².